The number of rotatable bonds is 6. The van der Waals surface area contributed by atoms with Gasteiger partial charge in [-0.15, -0.1) is 0 Å². The van der Waals surface area contributed by atoms with Crippen LogP contribution in [0.5, 0.6) is 0 Å². The van der Waals surface area contributed by atoms with E-state index >= 15 is 0 Å². The van der Waals surface area contributed by atoms with Gasteiger partial charge in [0.2, 0.25) is 5.91 Å². The minimum atomic E-state index is -0.350. The van der Waals surface area contributed by atoms with Crippen molar-refractivity contribution in [2.45, 2.75) is 19.4 Å². The Morgan fingerprint density at radius 3 is 2.39 bits per heavy atom. The summed E-state index contributed by atoms with van der Waals surface area (Å²) >= 11 is 0. The first kappa shape index (κ1) is 21.3. The van der Waals surface area contributed by atoms with E-state index in [9.17, 15) is 14.9 Å². The zero-order valence-electron chi connectivity index (χ0n) is 17.5. The number of anilines is 2. The van der Waals surface area contributed by atoms with E-state index in [4.69, 9.17) is 4.74 Å². The number of piperidine rings is 1. The molecule has 4 rings (SSSR count). The van der Waals surface area contributed by atoms with E-state index in [2.05, 4.69) is 22.3 Å². The number of morpholine rings is 1. The summed E-state index contributed by atoms with van der Waals surface area (Å²) in [5, 5.41) is 14.3. The van der Waals surface area contributed by atoms with Gasteiger partial charge in [0.1, 0.15) is 5.69 Å². The highest BCUT2D eigenvalue weighted by Crippen LogP contribution is 2.31. The van der Waals surface area contributed by atoms with Crippen molar-refractivity contribution in [3.05, 3.63) is 64.2 Å². The molecule has 2 aliphatic rings. The number of carbonyl (C=O) groups is 1. The fourth-order valence-corrected chi connectivity index (χ4v) is 4.22. The van der Waals surface area contributed by atoms with Gasteiger partial charge in [0.25, 0.3) is 5.69 Å². The molecule has 0 aliphatic carbocycles. The summed E-state index contributed by atoms with van der Waals surface area (Å²) in [6, 6.07) is 14.8. The van der Waals surface area contributed by atoms with E-state index in [1.807, 2.05) is 23.1 Å². The van der Waals surface area contributed by atoms with Crippen LogP contribution in [-0.4, -0.2) is 55.1 Å². The molecule has 2 aromatic carbocycles. The number of ether oxygens (including phenoxy) is 1. The molecule has 0 atom stereocenters. The predicted molar refractivity (Wildman–Crippen MR) is 119 cm³/mol. The first-order valence-corrected chi connectivity index (χ1v) is 10.8. The Bertz CT molecular complexity index is 904. The Morgan fingerprint density at radius 2 is 1.71 bits per heavy atom. The van der Waals surface area contributed by atoms with Gasteiger partial charge in [0.15, 0.2) is 0 Å². The number of hydrogen-bond donors (Lipinski definition) is 1. The van der Waals surface area contributed by atoms with Gasteiger partial charge < -0.3 is 15.0 Å². The van der Waals surface area contributed by atoms with Crippen LogP contribution in [0.25, 0.3) is 0 Å². The maximum atomic E-state index is 12.7. The maximum Gasteiger partial charge on any atom is 0.292 e. The topological polar surface area (TPSA) is 88.0 Å². The standard InChI is InChI=1S/C23H28N4O4/c28-23(24-20-7-5-18(6-8-20)17-25-13-15-31-16-14-25)19-9-11-26(12-10-19)21-3-1-2-4-22(21)27(29)30/h1-8,19H,9-17H2,(H,24,28). The molecule has 2 aliphatic heterocycles. The molecule has 1 amide bonds. The van der Waals surface area contributed by atoms with Gasteiger partial charge in [-0.05, 0) is 36.6 Å². The molecule has 2 saturated heterocycles. The molecule has 0 spiro atoms. The number of nitro benzene ring substituents is 1. The van der Waals surface area contributed by atoms with Crippen LogP contribution in [0.4, 0.5) is 17.1 Å². The van der Waals surface area contributed by atoms with E-state index in [1.165, 1.54) is 11.6 Å². The summed E-state index contributed by atoms with van der Waals surface area (Å²) in [7, 11) is 0. The maximum absolute atomic E-state index is 12.7. The average molecular weight is 425 g/mol. The van der Waals surface area contributed by atoms with Gasteiger partial charge in [-0.3, -0.25) is 19.8 Å². The Kier molecular flexibility index (Phi) is 6.79. The smallest absolute Gasteiger partial charge is 0.292 e. The highest BCUT2D eigenvalue weighted by atomic mass is 16.6. The molecule has 8 heteroatoms. The summed E-state index contributed by atoms with van der Waals surface area (Å²) < 4.78 is 5.38. The third-order valence-corrected chi connectivity index (χ3v) is 6.02. The minimum Gasteiger partial charge on any atom is -0.379 e. The number of para-hydroxylation sites is 2. The molecule has 1 N–H and O–H groups in total. The molecule has 0 saturated carbocycles. The second-order valence-corrected chi connectivity index (χ2v) is 8.08. The van der Waals surface area contributed by atoms with Gasteiger partial charge in [-0.25, -0.2) is 0 Å². The molecule has 0 radical (unpaired) electrons. The summed E-state index contributed by atoms with van der Waals surface area (Å²) in [5.41, 5.74) is 2.76. The molecule has 0 bridgehead atoms. The summed E-state index contributed by atoms with van der Waals surface area (Å²) in [5.74, 6) is -0.0739. The van der Waals surface area contributed by atoms with Crippen LogP contribution in [0.2, 0.25) is 0 Å². The summed E-state index contributed by atoms with van der Waals surface area (Å²) in [4.78, 5) is 28.0. The monoisotopic (exact) mass is 424 g/mol. The van der Waals surface area contributed by atoms with Crippen molar-refractivity contribution in [3.8, 4) is 0 Å². The van der Waals surface area contributed by atoms with E-state index in [-0.39, 0.29) is 22.4 Å². The molecule has 0 unspecified atom stereocenters. The lowest BCUT2D eigenvalue weighted by atomic mass is 9.95. The molecule has 8 nitrogen and oxygen atoms in total. The highest BCUT2D eigenvalue weighted by Gasteiger charge is 2.28. The van der Waals surface area contributed by atoms with Crippen molar-refractivity contribution in [2.75, 3.05) is 49.6 Å². The lowest BCUT2D eigenvalue weighted by Gasteiger charge is -2.32. The second kappa shape index (κ2) is 9.89. The number of benzene rings is 2. The molecule has 2 heterocycles. The lowest BCUT2D eigenvalue weighted by molar-refractivity contribution is -0.384. The van der Waals surface area contributed by atoms with Gasteiger partial charge in [-0.2, -0.15) is 0 Å². The quantitative estimate of drug-likeness (QED) is 0.566. The van der Waals surface area contributed by atoms with E-state index in [0.29, 0.717) is 31.6 Å². The van der Waals surface area contributed by atoms with E-state index in [1.54, 1.807) is 12.1 Å². The van der Waals surface area contributed by atoms with Gasteiger partial charge >= 0.3 is 0 Å². The minimum absolute atomic E-state index is 0.0168. The van der Waals surface area contributed by atoms with Crippen molar-refractivity contribution in [1.82, 2.24) is 4.90 Å². The van der Waals surface area contributed by atoms with Gasteiger partial charge in [0, 0.05) is 50.4 Å². The van der Waals surface area contributed by atoms with Crippen LogP contribution in [0.3, 0.4) is 0 Å². The largest absolute Gasteiger partial charge is 0.379 e. The van der Waals surface area contributed by atoms with Gasteiger partial charge in [-0.1, -0.05) is 24.3 Å². The van der Waals surface area contributed by atoms with Crippen molar-refractivity contribution in [2.24, 2.45) is 5.92 Å². The van der Waals surface area contributed by atoms with Crippen molar-refractivity contribution in [1.29, 1.82) is 0 Å². The number of nitrogens with zero attached hydrogens (tertiary/aromatic N) is 3. The summed E-state index contributed by atoms with van der Waals surface area (Å²) in [6.07, 6.45) is 1.35. The Balaban J connectivity index is 1.29. The van der Waals surface area contributed by atoms with Crippen LogP contribution in [-0.2, 0) is 16.1 Å². The number of nitro groups is 1. The Morgan fingerprint density at radius 1 is 1.03 bits per heavy atom. The lowest BCUT2D eigenvalue weighted by Crippen LogP contribution is -2.38. The number of carbonyl (C=O) groups excluding carboxylic acids is 1. The number of hydrogen-bond acceptors (Lipinski definition) is 6. The first-order chi connectivity index (χ1) is 15.1. The normalized spacial score (nSPS) is 18.0. The Hall–Kier alpha value is -2.97. The van der Waals surface area contributed by atoms with Crippen molar-refractivity contribution >= 4 is 23.0 Å². The SMILES string of the molecule is O=C(Nc1ccc(CN2CCOCC2)cc1)C1CCN(c2ccccc2[N+](=O)[O-])CC1. The zero-order chi connectivity index (χ0) is 21.6. The third-order valence-electron chi connectivity index (χ3n) is 6.02. The van der Waals surface area contributed by atoms with Crippen molar-refractivity contribution < 1.29 is 14.5 Å². The number of amides is 1. The zero-order valence-corrected chi connectivity index (χ0v) is 17.5. The van der Waals surface area contributed by atoms with Crippen LogP contribution in [0.1, 0.15) is 18.4 Å². The van der Waals surface area contributed by atoms with E-state index < -0.39 is 0 Å². The Labute approximate surface area is 181 Å². The molecule has 2 aromatic rings. The summed E-state index contributed by atoms with van der Waals surface area (Å²) in [6.45, 7) is 5.60. The van der Waals surface area contributed by atoms with Crippen LogP contribution in [0.15, 0.2) is 48.5 Å². The molecule has 2 fully saturated rings. The fraction of sp³-hybridized carbons (Fsp3) is 0.435. The highest BCUT2D eigenvalue weighted by molar-refractivity contribution is 5.92. The molecule has 164 valence electrons. The molecule has 0 aromatic heterocycles. The second-order valence-electron chi connectivity index (χ2n) is 8.08. The van der Waals surface area contributed by atoms with E-state index in [0.717, 1.165) is 38.5 Å². The molecular formula is C23H28N4O4. The molecular weight excluding hydrogens is 396 g/mol. The van der Waals surface area contributed by atoms with Crippen molar-refractivity contribution in [3.63, 3.8) is 0 Å². The average Bonchev–Trinajstić information content (AvgIpc) is 2.81. The predicted octanol–water partition coefficient (Wildman–Crippen LogP) is 3.28. The number of nitrogens with one attached hydrogen (secondary N) is 1. The van der Waals surface area contributed by atoms with Crippen LogP contribution in [0, 0.1) is 16.0 Å². The first-order valence-electron chi connectivity index (χ1n) is 10.8. The third kappa shape index (κ3) is 5.39. The van der Waals surface area contributed by atoms with Gasteiger partial charge in [0.05, 0.1) is 18.1 Å². The van der Waals surface area contributed by atoms with Crippen LogP contribution < -0.4 is 10.2 Å². The molecule has 31 heavy (non-hydrogen) atoms. The van der Waals surface area contributed by atoms with Crippen LogP contribution >= 0.6 is 0 Å². The fourth-order valence-electron chi connectivity index (χ4n) is 4.22.